The number of anilines is 5. The van der Waals surface area contributed by atoms with Crippen molar-refractivity contribution in [3.63, 3.8) is 0 Å². The normalized spacial score (nSPS) is 17.1. The van der Waals surface area contributed by atoms with Crippen molar-refractivity contribution in [2.75, 3.05) is 66.7 Å². The van der Waals surface area contributed by atoms with Crippen molar-refractivity contribution >= 4 is 34.3 Å². The number of H-pyrrole nitrogens is 1. The largest absolute Gasteiger partial charge is 0.471 e. The lowest BCUT2D eigenvalue weighted by Gasteiger charge is -2.36. The van der Waals surface area contributed by atoms with Crippen LogP contribution >= 0.6 is 0 Å². The van der Waals surface area contributed by atoms with Crippen molar-refractivity contribution < 1.29 is 19.0 Å². The van der Waals surface area contributed by atoms with Gasteiger partial charge in [-0.1, -0.05) is 0 Å². The number of ether oxygens (including phenoxy) is 1. The average molecular weight is 538 g/mol. The summed E-state index contributed by atoms with van der Waals surface area (Å²) in [5.74, 6) is -0.648. The van der Waals surface area contributed by atoms with E-state index in [1.807, 2.05) is 18.7 Å². The van der Waals surface area contributed by atoms with Gasteiger partial charge in [0.15, 0.2) is 0 Å². The number of nitrogens with zero attached hydrogens (tertiary/aromatic N) is 3. The summed E-state index contributed by atoms with van der Waals surface area (Å²) in [7, 11) is 0. The Morgan fingerprint density at radius 1 is 1.23 bits per heavy atom. The maximum Gasteiger partial charge on any atom is 0.263 e. The van der Waals surface area contributed by atoms with Crippen LogP contribution in [0.5, 0.6) is 5.88 Å². The molecule has 0 saturated carbocycles. The minimum atomic E-state index is -0.678. The summed E-state index contributed by atoms with van der Waals surface area (Å²) in [6, 6.07) is 6.08. The van der Waals surface area contributed by atoms with E-state index in [0.29, 0.717) is 43.4 Å². The molecule has 11 nitrogen and oxygen atoms in total. The molecule has 1 fully saturated rings. The molecule has 1 unspecified atom stereocenters. The molecule has 5 rings (SSSR count). The molecule has 1 saturated heterocycles. The number of rotatable bonds is 7. The molecule has 1 aromatic carbocycles. The maximum absolute atomic E-state index is 15.0. The van der Waals surface area contributed by atoms with Crippen LogP contribution in [-0.2, 0) is 0 Å². The molecule has 3 aromatic rings. The zero-order chi connectivity index (χ0) is 27.5. The minimum Gasteiger partial charge on any atom is -0.471 e. The third-order valence-corrected chi connectivity index (χ3v) is 6.97. The van der Waals surface area contributed by atoms with Gasteiger partial charge in [0.25, 0.3) is 11.5 Å². The van der Waals surface area contributed by atoms with E-state index in [1.54, 1.807) is 24.4 Å². The Balaban J connectivity index is 1.33. The molecule has 0 spiro atoms. The van der Waals surface area contributed by atoms with E-state index in [4.69, 9.17) is 9.84 Å². The molecule has 2 aliphatic heterocycles. The van der Waals surface area contributed by atoms with Crippen LogP contribution in [0.1, 0.15) is 22.8 Å². The first-order valence-electron chi connectivity index (χ1n) is 12.9. The second-order valence-electron chi connectivity index (χ2n) is 9.68. The molecule has 2 aromatic heterocycles. The zero-order valence-electron chi connectivity index (χ0n) is 21.9. The van der Waals surface area contributed by atoms with E-state index >= 15 is 4.39 Å². The summed E-state index contributed by atoms with van der Waals surface area (Å²) >= 11 is 0. The first-order chi connectivity index (χ1) is 18.8. The van der Waals surface area contributed by atoms with Crippen molar-refractivity contribution in [1.29, 1.82) is 0 Å². The topological polar surface area (TPSA) is 135 Å². The highest BCUT2D eigenvalue weighted by atomic mass is 19.1. The van der Waals surface area contributed by atoms with Crippen LogP contribution in [0.2, 0.25) is 0 Å². The number of benzene rings is 1. The van der Waals surface area contributed by atoms with Gasteiger partial charge in [-0.2, -0.15) is 0 Å². The number of aromatic nitrogens is 2. The van der Waals surface area contributed by atoms with Crippen LogP contribution in [-0.4, -0.2) is 77.9 Å². The van der Waals surface area contributed by atoms with Gasteiger partial charge in [0.2, 0.25) is 5.88 Å². The number of nitrogens with one attached hydrogen (secondary N) is 4. The molecule has 1 amide bonds. The van der Waals surface area contributed by atoms with Gasteiger partial charge in [0.05, 0.1) is 36.4 Å². The summed E-state index contributed by atoms with van der Waals surface area (Å²) in [5, 5.41) is 18.2. The molecular formula is C27H32FN7O4. The number of hydrogen-bond donors (Lipinski definition) is 5. The number of pyridine rings is 2. The number of aliphatic hydroxyl groups is 1. The molecular weight excluding hydrogens is 505 g/mol. The highest BCUT2D eigenvalue weighted by Gasteiger charge is 2.23. The highest BCUT2D eigenvalue weighted by Crippen LogP contribution is 2.35. The molecule has 1 atom stereocenters. The minimum absolute atomic E-state index is 0.00724. The predicted octanol–water partition coefficient (Wildman–Crippen LogP) is 2.52. The lowest BCUT2D eigenvalue weighted by atomic mass is 10.1. The van der Waals surface area contributed by atoms with E-state index in [9.17, 15) is 9.59 Å². The number of amides is 1. The van der Waals surface area contributed by atoms with Crippen molar-refractivity contribution in [1.82, 2.24) is 14.9 Å². The van der Waals surface area contributed by atoms with Gasteiger partial charge in [0.1, 0.15) is 23.2 Å². The van der Waals surface area contributed by atoms with E-state index < -0.39 is 17.3 Å². The second kappa shape index (κ2) is 11.3. The first kappa shape index (κ1) is 26.4. The van der Waals surface area contributed by atoms with Gasteiger partial charge in [-0.15, -0.1) is 0 Å². The van der Waals surface area contributed by atoms with Gasteiger partial charge >= 0.3 is 0 Å². The van der Waals surface area contributed by atoms with Crippen molar-refractivity contribution in [2.24, 2.45) is 0 Å². The van der Waals surface area contributed by atoms with Crippen LogP contribution in [0.25, 0.3) is 0 Å². The Morgan fingerprint density at radius 3 is 2.77 bits per heavy atom. The second-order valence-corrected chi connectivity index (χ2v) is 9.68. The monoisotopic (exact) mass is 537 g/mol. The van der Waals surface area contributed by atoms with E-state index in [-0.39, 0.29) is 29.6 Å². The van der Waals surface area contributed by atoms with Gasteiger partial charge in [0, 0.05) is 50.2 Å². The number of carbonyl (C=O) groups is 1. The molecule has 0 aliphatic carbocycles. The predicted molar refractivity (Wildman–Crippen MR) is 148 cm³/mol. The van der Waals surface area contributed by atoms with Crippen LogP contribution in [0.3, 0.4) is 0 Å². The number of hydrogen-bond acceptors (Lipinski definition) is 9. The quantitative estimate of drug-likeness (QED) is 0.308. The average Bonchev–Trinajstić information content (AvgIpc) is 2.91. The Labute approximate surface area is 225 Å². The van der Waals surface area contributed by atoms with Crippen LogP contribution in [0.15, 0.2) is 41.5 Å². The fourth-order valence-corrected chi connectivity index (χ4v) is 4.82. The molecule has 12 heteroatoms. The van der Waals surface area contributed by atoms with Crippen molar-refractivity contribution in [3.8, 4) is 5.88 Å². The summed E-state index contributed by atoms with van der Waals surface area (Å²) < 4.78 is 20.8. The molecule has 39 heavy (non-hydrogen) atoms. The van der Waals surface area contributed by atoms with Crippen LogP contribution in [0.4, 0.5) is 32.8 Å². The number of β-amino-alcohol motifs (C(OH)–C–C–N with tert-alkyl or cyclic N) is 1. The first-order valence-corrected chi connectivity index (χ1v) is 12.9. The van der Waals surface area contributed by atoms with Gasteiger partial charge < -0.3 is 35.7 Å². The van der Waals surface area contributed by atoms with Gasteiger partial charge in [-0.3, -0.25) is 14.5 Å². The van der Waals surface area contributed by atoms with Gasteiger partial charge in [-0.05, 0) is 38.1 Å². The number of aromatic amines is 1. The number of carbonyl (C=O) groups excluding carboxylic acids is 1. The maximum atomic E-state index is 15.0. The molecule has 206 valence electrons. The molecule has 2 aliphatic rings. The van der Waals surface area contributed by atoms with E-state index in [2.05, 4.69) is 30.8 Å². The number of aliphatic hydroxyl groups excluding tert-OH is 1. The van der Waals surface area contributed by atoms with Crippen molar-refractivity contribution in [3.05, 3.63) is 64.0 Å². The Morgan fingerprint density at radius 2 is 2.03 bits per heavy atom. The molecule has 0 radical (unpaired) electrons. The fraction of sp³-hybridized carbons (Fsp3) is 0.370. The van der Waals surface area contributed by atoms with Gasteiger partial charge in [-0.25, -0.2) is 9.37 Å². The molecule has 5 N–H and O–H groups in total. The molecule has 0 bridgehead atoms. The summed E-state index contributed by atoms with van der Waals surface area (Å²) in [6.07, 6.45) is 3.03. The Hall–Kier alpha value is -4.16. The molecule has 4 heterocycles. The highest BCUT2D eigenvalue weighted by molar-refractivity contribution is 6.08. The van der Waals surface area contributed by atoms with Crippen LogP contribution in [0, 0.1) is 12.7 Å². The lowest BCUT2D eigenvalue weighted by Crippen LogP contribution is -2.47. The Bertz CT molecular complexity index is 1420. The summed E-state index contributed by atoms with van der Waals surface area (Å²) in [6.45, 7) is 7.89. The number of piperazine rings is 1. The third-order valence-electron chi connectivity index (χ3n) is 6.97. The standard InChI is InChI=1S/C27H32FN7O4/c1-16-14-30-24-17(2)21(15-31-27(24)39-16)33-20-5-6-29-25(37)23(20)26(38)32-18-3-4-22(19(28)13-18)35-9-7-34(8-10-35)11-12-36/h3-6,13,15-16,30,36H,7-12,14H2,1-2H3,(H,32,38)(H2,29,33,37). The lowest BCUT2D eigenvalue weighted by molar-refractivity contribution is 0.102. The summed E-state index contributed by atoms with van der Waals surface area (Å²) in [4.78, 5) is 36.9. The van der Waals surface area contributed by atoms with Crippen LogP contribution < -0.4 is 31.1 Å². The summed E-state index contributed by atoms with van der Waals surface area (Å²) in [5.41, 5.74) is 2.41. The third kappa shape index (κ3) is 5.66. The fourth-order valence-electron chi connectivity index (χ4n) is 4.82. The van der Waals surface area contributed by atoms with E-state index in [0.717, 1.165) is 24.3 Å². The SMILES string of the molecule is Cc1c(Nc2cc[nH]c(=O)c2C(=O)Nc2ccc(N3CCN(CCO)CC3)c(F)c2)cnc2c1NCC(C)O2. The number of halogens is 1. The van der Waals surface area contributed by atoms with Crippen molar-refractivity contribution in [2.45, 2.75) is 20.0 Å². The number of fused-ring (bicyclic) bond motifs is 1. The Kier molecular flexibility index (Phi) is 7.66. The zero-order valence-corrected chi connectivity index (χ0v) is 21.9. The smallest absolute Gasteiger partial charge is 0.263 e. The van der Waals surface area contributed by atoms with E-state index in [1.165, 1.54) is 12.3 Å².